The quantitative estimate of drug-likeness (QED) is 0.392. The molecule has 0 radical (unpaired) electrons. The summed E-state index contributed by atoms with van der Waals surface area (Å²) >= 11 is 1.29. The number of carbonyl (C=O) groups is 1. The SMILES string of the molecule is COc1ccc(OC)c(NC(=O)CSc2nnc(-c3ccc(F)cc3)c3ccccc23)c1. The number of hydrogen-bond donors (Lipinski definition) is 1. The zero-order chi connectivity index (χ0) is 22.5. The highest BCUT2D eigenvalue weighted by molar-refractivity contribution is 8.00. The van der Waals surface area contributed by atoms with E-state index in [0.717, 1.165) is 16.3 Å². The number of carbonyl (C=O) groups excluding carboxylic acids is 1. The summed E-state index contributed by atoms with van der Waals surface area (Å²) in [6.07, 6.45) is 0. The van der Waals surface area contributed by atoms with Crippen LogP contribution in [0.3, 0.4) is 0 Å². The fraction of sp³-hybridized carbons (Fsp3) is 0.125. The zero-order valence-corrected chi connectivity index (χ0v) is 18.3. The van der Waals surface area contributed by atoms with Gasteiger partial charge in [0.25, 0.3) is 0 Å². The molecule has 6 nitrogen and oxygen atoms in total. The van der Waals surface area contributed by atoms with Crippen molar-refractivity contribution < 1.29 is 18.7 Å². The third kappa shape index (κ3) is 4.65. The predicted octanol–water partition coefficient (Wildman–Crippen LogP) is 5.18. The fourth-order valence-corrected chi connectivity index (χ4v) is 4.01. The smallest absolute Gasteiger partial charge is 0.234 e. The van der Waals surface area contributed by atoms with Gasteiger partial charge in [-0.2, -0.15) is 0 Å². The zero-order valence-electron chi connectivity index (χ0n) is 17.5. The Labute approximate surface area is 188 Å². The average molecular weight is 450 g/mol. The van der Waals surface area contributed by atoms with E-state index in [-0.39, 0.29) is 17.5 Å². The van der Waals surface area contributed by atoms with E-state index in [1.807, 2.05) is 24.3 Å². The molecule has 0 unspecified atom stereocenters. The molecular formula is C24H20FN3O3S. The number of nitrogens with one attached hydrogen (secondary N) is 1. The summed E-state index contributed by atoms with van der Waals surface area (Å²) in [5.74, 6) is 0.765. The summed E-state index contributed by atoms with van der Waals surface area (Å²) in [6.45, 7) is 0. The lowest BCUT2D eigenvalue weighted by atomic mass is 10.1. The van der Waals surface area contributed by atoms with Crippen LogP contribution >= 0.6 is 11.8 Å². The second-order valence-corrected chi connectivity index (χ2v) is 7.77. The van der Waals surface area contributed by atoms with Crippen LogP contribution in [-0.4, -0.2) is 36.1 Å². The molecule has 32 heavy (non-hydrogen) atoms. The summed E-state index contributed by atoms with van der Waals surface area (Å²) in [5, 5.41) is 13.9. The van der Waals surface area contributed by atoms with Crippen LogP contribution in [-0.2, 0) is 4.79 Å². The van der Waals surface area contributed by atoms with E-state index in [1.165, 1.54) is 31.0 Å². The van der Waals surface area contributed by atoms with Crippen LogP contribution in [0.2, 0.25) is 0 Å². The molecular weight excluding hydrogens is 429 g/mol. The molecule has 4 rings (SSSR count). The fourth-order valence-electron chi connectivity index (χ4n) is 3.24. The van der Waals surface area contributed by atoms with Crippen LogP contribution < -0.4 is 14.8 Å². The molecule has 0 saturated heterocycles. The van der Waals surface area contributed by atoms with Gasteiger partial charge in [0, 0.05) is 22.4 Å². The Bertz CT molecular complexity index is 1270. The number of aromatic nitrogens is 2. The van der Waals surface area contributed by atoms with Crippen molar-refractivity contribution in [3.63, 3.8) is 0 Å². The Balaban J connectivity index is 1.55. The number of methoxy groups -OCH3 is 2. The first-order valence-electron chi connectivity index (χ1n) is 9.75. The maximum absolute atomic E-state index is 13.3. The number of benzene rings is 3. The van der Waals surface area contributed by atoms with E-state index in [4.69, 9.17) is 9.47 Å². The van der Waals surface area contributed by atoms with Gasteiger partial charge >= 0.3 is 0 Å². The summed E-state index contributed by atoms with van der Waals surface area (Å²) < 4.78 is 23.8. The van der Waals surface area contributed by atoms with Crippen molar-refractivity contribution in [1.82, 2.24) is 10.2 Å². The Morgan fingerprint density at radius 2 is 1.72 bits per heavy atom. The van der Waals surface area contributed by atoms with E-state index in [1.54, 1.807) is 37.4 Å². The maximum atomic E-state index is 13.3. The highest BCUT2D eigenvalue weighted by Gasteiger charge is 2.14. The van der Waals surface area contributed by atoms with Crippen molar-refractivity contribution in [3.05, 3.63) is 72.5 Å². The van der Waals surface area contributed by atoms with E-state index >= 15 is 0 Å². The largest absolute Gasteiger partial charge is 0.497 e. The van der Waals surface area contributed by atoms with Gasteiger partial charge in [-0.25, -0.2) is 4.39 Å². The van der Waals surface area contributed by atoms with E-state index in [9.17, 15) is 9.18 Å². The molecule has 162 valence electrons. The van der Waals surface area contributed by atoms with Crippen molar-refractivity contribution in [1.29, 1.82) is 0 Å². The molecule has 0 atom stereocenters. The highest BCUT2D eigenvalue weighted by Crippen LogP contribution is 2.33. The van der Waals surface area contributed by atoms with Gasteiger partial charge in [0.1, 0.15) is 28.0 Å². The van der Waals surface area contributed by atoms with Gasteiger partial charge in [-0.15, -0.1) is 10.2 Å². The van der Waals surface area contributed by atoms with Crippen LogP contribution in [0.15, 0.2) is 71.8 Å². The van der Waals surface area contributed by atoms with Crippen LogP contribution in [0, 0.1) is 5.82 Å². The normalized spacial score (nSPS) is 10.7. The molecule has 0 aliphatic carbocycles. The molecule has 3 aromatic carbocycles. The molecule has 0 fully saturated rings. The number of fused-ring (bicyclic) bond motifs is 1. The molecule has 1 amide bonds. The van der Waals surface area contributed by atoms with Gasteiger partial charge < -0.3 is 14.8 Å². The molecule has 0 bridgehead atoms. The summed E-state index contributed by atoms with van der Waals surface area (Å²) in [5.41, 5.74) is 1.96. The molecule has 1 heterocycles. The number of rotatable bonds is 7. The number of halogens is 1. The molecule has 0 saturated carbocycles. The first kappa shape index (κ1) is 21.6. The van der Waals surface area contributed by atoms with E-state index < -0.39 is 0 Å². The second kappa shape index (κ2) is 9.65. The number of thioether (sulfide) groups is 1. The lowest BCUT2D eigenvalue weighted by molar-refractivity contribution is -0.113. The van der Waals surface area contributed by atoms with Crippen molar-refractivity contribution in [3.8, 4) is 22.8 Å². The standard InChI is InChI=1S/C24H20FN3O3S/c1-30-17-11-12-21(31-2)20(13-17)26-22(29)14-32-24-19-6-4-3-5-18(19)23(27-28-24)15-7-9-16(25)10-8-15/h3-13H,14H2,1-2H3,(H,26,29). The van der Waals surface area contributed by atoms with Crippen LogP contribution in [0.25, 0.3) is 22.0 Å². The molecule has 1 aromatic heterocycles. The molecule has 0 spiro atoms. The average Bonchev–Trinajstić information content (AvgIpc) is 2.83. The van der Waals surface area contributed by atoms with E-state index in [2.05, 4.69) is 15.5 Å². The predicted molar refractivity (Wildman–Crippen MR) is 124 cm³/mol. The Morgan fingerprint density at radius 3 is 2.44 bits per heavy atom. The molecule has 0 aliphatic heterocycles. The van der Waals surface area contributed by atoms with Crippen molar-refractivity contribution in [2.24, 2.45) is 0 Å². The van der Waals surface area contributed by atoms with Gasteiger partial charge in [-0.05, 0) is 36.4 Å². The third-order valence-corrected chi connectivity index (χ3v) is 5.77. The van der Waals surface area contributed by atoms with Crippen molar-refractivity contribution in [2.45, 2.75) is 5.03 Å². The van der Waals surface area contributed by atoms with Crippen molar-refractivity contribution in [2.75, 3.05) is 25.3 Å². The lowest BCUT2D eigenvalue weighted by Gasteiger charge is -2.12. The number of anilines is 1. The first-order valence-corrected chi connectivity index (χ1v) is 10.7. The lowest BCUT2D eigenvalue weighted by Crippen LogP contribution is -2.15. The number of amides is 1. The number of nitrogens with zero attached hydrogens (tertiary/aromatic N) is 2. The Morgan fingerprint density at radius 1 is 0.969 bits per heavy atom. The summed E-state index contributed by atoms with van der Waals surface area (Å²) in [7, 11) is 3.10. The third-order valence-electron chi connectivity index (χ3n) is 4.79. The van der Waals surface area contributed by atoms with Gasteiger partial charge in [-0.1, -0.05) is 36.0 Å². The van der Waals surface area contributed by atoms with Gasteiger partial charge in [0.05, 0.1) is 25.7 Å². The minimum absolute atomic E-state index is 0.134. The maximum Gasteiger partial charge on any atom is 0.234 e. The van der Waals surface area contributed by atoms with E-state index in [0.29, 0.717) is 27.9 Å². The summed E-state index contributed by atoms with van der Waals surface area (Å²) in [6, 6.07) is 19.0. The van der Waals surface area contributed by atoms with Gasteiger partial charge in [-0.3, -0.25) is 4.79 Å². The van der Waals surface area contributed by atoms with Crippen LogP contribution in [0.1, 0.15) is 0 Å². The molecule has 4 aromatic rings. The molecule has 1 N–H and O–H groups in total. The Hall–Kier alpha value is -3.65. The number of hydrogen-bond acceptors (Lipinski definition) is 6. The first-order chi connectivity index (χ1) is 15.6. The Kier molecular flexibility index (Phi) is 6.51. The minimum Gasteiger partial charge on any atom is -0.497 e. The van der Waals surface area contributed by atoms with Crippen molar-refractivity contribution >= 4 is 34.1 Å². The topological polar surface area (TPSA) is 73.3 Å². The van der Waals surface area contributed by atoms with Gasteiger partial charge in [0.2, 0.25) is 5.91 Å². The molecule has 8 heteroatoms. The minimum atomic E-state index is -0.308. The monoisotopic (exact) mass is 449 g/mol. The number of ether oxygens (including phenoxy) is 2. The summed E-state index contributed by atoms with van der Waals surface area (Å²) in [4.78, 5) is 12.6. The molecule has 0 aliphatic rings. The van der Waals surface area contributed by atoms with Crippen LogP contribution in [0.4, 0.5) is 10.1 Å². The highest BCUT2D eigenvalue weighted by atomic mass is 32.2. The second-order valence-electron chi connectivity index (χ2n) is 6.81. The van der Waals surface area contributed by atoms with Crippen LogP contribution in [0.5, 0.6) is 11.5 Å². The van der Waals surface area contributed by atoms with Gasteiger partial charge in [0.15, 0.2) is 0 Å².